The van der Waals surface area contributed by atoms with Crippen molar-refractivity contribution in [1.29, 1.82) is 0 Å². The molecule has 0 radical (unpaired) electrons. The van der Waals surface area contributed by atoms with Crippen LogP contribution in [0.2, 0.25) is 0 Å². The lowest BCUT2D eigenvalue weighted by Crippen LogP contribution is -1.89. The van der Waals surface area contributed by atoms with Crippen LogP contribution in [0.1, 0.15) is 2.74 Å². The van der Waals surface area contributed by atoms with Gasteiger partial charge >= 0.3 is 0 Å². The highest BCUT2D eigenvalue weighted by Crippen LogP contribution is 2.30. The second-order valence-corrected chi connectivity index (χ2v) is 3.91. The molecule has 0 amide bonds. The summed E-state index contributed by atoms with van der Waals surface area (Å²) in [5.74, 6) is 0. The van der Waals surface area contributed by atoms with Gasteiger partial charge in [-0.1, -0.05) is 60.7 Å². The van der Waals surface area contributed by atoms with Crippen LogP contribution >= 0.6 is 0 Å². The molecule has 0 bridgehead atoms. The van der Waals surface area contributed by atoms with Gasteiger partial charge < -0.3 is 0 Å². The Morgan fingerprint density at radius 2 is 1.00 bits per heavy atom. The van der Waals surface area contributed by atoms with Gasteiger partial charge in [0.05, 0.1) is 15.1 Å². The molecule has 0 atom stereocenters. The Bertz CT molecular complexity index is 664. The van der Waals surface area contributed by atoms with Crippen molar-refractivity contribution in [3.8, 4) is 22.3 Å². The minimum atomic E-state index is 0.0889. The van der Waals surface area contributed by atoms with Crippen LogP contribution in [-0.4, -0.2) is 10.2 Å². The smallest absolute Gasteiger partial charge is 0.0867 e. The zero-order valence-electron chi connectivity index (χ0n) is 11.7. The van der Waals surface area contributed by atoms with Crippen molar-refractivity contribution in [2.45, 2.75) is 0 Å². The summed E-state index contributed by atoms with van der Waals surface area (Å²) < 4.78 is 16.1. The molecular formula is C16H12N2. The monoisotopic (exact) mass is 234 g/mol. The van der Waals surface area contributed by atoms with Gasteiger partial charge in [-0.15, -0.1) is 0 Å². The lowest BCUT2D eigenvalue weighted by molar-refractivity contribution is 1.03. The molecule has 0 unspecified atom stereocenters. The Morgan fingerprint density at radius 1 is 0.611 bits per heavy atom. The Hall–Kier alpha value is -2.48. The van der Waals surface area contributed by atoms with E-state index in [0.717, 1.165) is 11.1 Å². The maximum atomic E-state index is 8.04. The van der Waals surface area contributed by atoms with E-state index in [9.17, 15) is 0 Å². The molecule has 1 heterocycles. The van der Waals surface area contributed by atoms with E-state index in [0.29, 0.717) is 11.1 Å². The number of aromatic nitrogens is 2. The van der Waals surface area contributed by atoms with Crippen molar-refractivity contribution in [1.82, 2.24) is 10.2 Å². The first-order valence-electron chi connectivity index (χ1n) is 6.72. The number of benzene rings is 2. The summed E-state index contributed by atoms with van der Waals surface area (Å²) in [5, 5.41) is 7.54. The Balaban J connectivity index is 2.32. The molecular weight excluding hydrogens is 220 g/mol. The van der Waals surface area contributed by atoms with E-state index in [1.807, 2.05) is 60.7 Å². The second-order valence-electron chi connectivity index (χ2n) is 3.91. The molecule has 0 spiro atoms. The zero-order valence-corrected chi connectivity index (χ0v) is 9.67. The van der Waals surface area contributed by atoms with Crippen molar-refractivity contribution in [3.05, 3.63) is 73.0 Å². The molecule has 0 N–H and O–H groups in total. The van der Waals surface area contributed by atoms with Crippen LogP contribution in [0.25, 0.3) is 22.3 Å². The lowest BCUT2D eigenvalue weighted by Gasteiger charge is -2.08. The van der Waals surface area contributed by atoms with Gasteiger partial charge in [0.1, 0.15) is 0 Å². The summed E-state index contributed by atoms with van der Waals surface area (Å²) in [6.45, 7) is 0. The summed E-state index contributed by atoms with van der Waals surface area (Å²) in [6.07, 6.45) is 0.178. The predicted molar refractivity (Wildman–Crippen MR) is 72.9 cm³/mol. The topological polar surface area (TPSA) is 25.8 Å². The van der Waals surface area contributed by atoms with Crippen molar-refractivity contribution < 1.29 is 2.74 Å². The van der Waals surface area contributed by atoms with Gasteiger partial charge in [0.2, 0.25) is 0 Å². The van der Waals surface area contributed by atoms with Crippen molar-refractivity contribution >= 4 is 0 Å². The summed E-state index contributed by atoms with van der Waals surface area (Å²) in [5.41, 5.74) is 3.05. The van der Waals surface area contributed by atoms with E-state index in [-0.39, 0.29) is 12.3 Å². The predicted octanol–water partition coefficient (Wildman–Crippen LogP) is 3.81. The van der Waals surface area contributed by atoms with E-state index in [1.165, 1.54) is 0 Å². The maximum Gasteiger partial charge on any atom is 0.0867 e. The van der Waals surface area contributed by atoms with Crippen LogP contribution in [0.4, 0.5) is 0 Å². The lowest BCUT2D eigenvalue weighted by atomic mass is 9.98. The minimum Gasteiger partial charge on any atom is -0.158 e. The van der Waals surface area contributed by atoms with Crippen LogP contribution in [-0.2, 0) is 0 Å². The minimum absolute atomic E-state index is 0.0889. The third kappa shape index (κ3) is 2.00. The molecule has 1 aromatic heterocycles. The summed E-state index contributed by atoms with van der Waals surface area (Å²) in [6, 6.07) is 19.2. The Labute approximate surface area is 109 Å². The normalized spacial score (nSPS) is 11.8. The molecule has 0 saturated carbocycles. The summed E-state index contributed by atoms with van der Waals surface area (Å²) in [7, 11) is 0. The van der Waals surface area contributed by atoms with Crippen LogP contribution in [0.15, 0.2) is 73.0 Å². The van der Waals surface area contributed by atoms with Crippen LogP contribution in [0, 0.1) is 0 Å². The highest BCUT2D eigenvalue weighted by molar-refractivity contribution is 5.81. The number of rotatable bonds is 2. The quantitative estimate of drug-likeness (QED) is 0.673. The molecule has 3 aromatic rings. The number of hydrogen-bond donors (Lipinski definition) is 0. The molecule has 0 aliphatic rings. The SMILES string of the molecule is [2H]c1nnc([2H])c(-c2ccccc2)c1-c1ccccc1. The van der Waals surface area contributed by atoms with E-state index in [2.05, 4.69) is 10.2 Å². The third-order valence-corrected chi connectivity index (χ3v) is 2.75. The first-order chi connectivity index (χ1) is 9.77. The second kappa shape index (κ2) is 4.80. The van der Waals surface area contributed by atoms with E-state index >= 15 is 0 Å². The average molecular weight is 234 g/mol. The Kier molecular flexibility index (Phi) is 2.29. The Morgan fingerprint density at radius 3 is 1.39 bits per heavy atom. The first-order valence-corrected chi connectivity index (χ1v) is 5.72. The largest absolute Gasteiger partial charge is 0.158 e. The fraction of sp³-hybridized carbons (Fsp3) is 0. The van der Waals surface area contributed by atoms with Gasteiger partial charge in [-0.05, 0) is 11.1 Å². The van der Waals surface area contributed by atoms with Gasteiger partial charge in [-0.3, -0.25) is 0 Å². The van der Waals surface area contributed by atoms with E-state index < -0.39 is 0 Å². The number of hydrogen-bond acceptors (Lipinski definition) is 2. The van der Waals surface area contributed by atoms with Gasteiger partial charge in [0.25, 0.3) is 0 Å². The molecule has 2 aromatic carbocycles. The third-order valence-electron chi connectivity index (χ3n) is 2.75. The fourth-order valence-corrected chi connectivity index (χ4v) is 1.89. The summed E-state index contributed by atoms with van der Waals surface area (Å²) >= 11 is 0. The number of nitrogens with zero attached hydrogens (tertiary/aromatic N) is 2. The average Bonchev–Trinajstić information content (AvgIpc) is 2.51. The van der Waals surface area contributed by atoms with Crippen LogP contribution in [0.5, 0.6) is 0 Å². The maximum absolute atomic E-state index is 8.04. The zero-order chi connectivity index (χ0) is 13.9. The van der Waals surface area contributed by atoms with E-state index in [4.69, 9.17) is 2.74 Å². The van der Waals surface area contributed by atoms with Gasteiger partial charge in [0.15, 0.2) is 0 Å². The molecule has 2 heteroatoms. The van der Waals surface area contributed by atoms with Crippen molar-refractivity contribution in [2.75, 3.05) is 0 Å². The standard InChI is InChI=1S/C16H12N2/c1-3-7-13(8-4-1)15-11-17-18-12-16(15)14-9-5-2-6-10-14/h1-12H/i11D,12D. The van der Waals surface area contributed by atoms with Crippen molar-refractivity contribution in [3.63, 3.8) is 0 Å². The van der Waals surface area contributed by atoms with Gasteiger partial charge in [-0.25, -0.2) is 0 Å². The molecule has 18 heavy (non-hydrogen) atoms. The first kappa shape index (κ1) is 8.59. The molecule has 0 saturated heterocycles. The van der Waals surface area contributed by atoms with Crippen LogP contribution in [0.3, 0.4) is 0 Å². The molecule has 0 aliphatic carbocycles. The van der Waals surface area contributed by atoms with Gasteiger partial charge in [-0.2, -0.15) is 10.2 Å². The summed E-state index contributed by atoms with van der Waals surface area (Å²) in [4.78, 5) is 0. The highest BCUT2D eigenvalue weighted by atomic mass is 15.1. The fourth-order valence-electron chi connectivity index (χ4n) is 1.89. The van der Waals surface area contributed by atoms with Crippen LogP contribution < -0.4 is 0 Å². The van der Waals surface area contributed by atoms with E-state index in [1.54, 1.807) is 0 Å². The van der Waals surface area contributed by atoms with Gasteiger partial charge in [0, 0.05) is 11.1 Å². The molecule has 0 aliphatic heterocycles. The highest BCUT2D eigenvalue weighted by Gasteiger charge is 2.06. The van der Waals surface area contributed by atoms with Crippen molar-refractivity contribution in [2.24, 2.45) is 0 Å². The molecule has 2 nitrogen and oxygen atoms in total. The molecule has 3 rings (SSSR count). The molecule has 86 valence electrons. The molecule has 0 fully saturated rings.